The Morgan fingerprint density at radius 1 is 1.17 bits per heavy atom. The summed E-state index contributed by atoms with van der Waals surface area (Å²) in [7, 11) is 1.53. The predicted molar refractivity (Wildman–Crippen MR) is 89.8 cm³/mol. The quantitative estimate of drug-likeness (QED) is 0.641. The highest BCUT2D eigenvalue weighted by Crippen LogP contribution is 2.18. The smallest absolute Gasteiger partial charge is 0.331 e. The van der Waals surface area contributed by atoms with Crippen molar-refractivity contribution in [1.29, 1.82) is 0 Å². The number of hydrogen-bond donors (Lipinski definition) is 1. The summed E-state index contributed by atoms with van der Waals surface area (Å²) in [5.74, 6) is -1.29. The monoisotopic (exact) mass is 345 g/mol. The van der Waals surface area contributed by atoms with Gasteiger partial charge in [0.15, 0.2) is 6.61 Å². The normalized spacial score (nSPS) is 10.4. The number of hydrogen-bond acceptors (Lipinski definition) is 6. The van der Waals surface area contributed by atoms with E-state index in [-0.39, 0.29) is 0 Å². The van der Waals surface area contributed by atoms with Crippen molar-refractivity contribution in [2.45, 2.75) is 0 Å². The van der Waals surface area contributed by atoms with E-state index in [1.165, 1.54) is 30.6 Å². The second-order valence-electron chi connectivity index (χ2n) is 4.54. The Morgan fingerprint density at radius 2 is 1.96 bits per heavy atom. The van der Waals surface area contributed by atoms with Gasteiger partial charge in [-0.05, 0) is 23.6 Å². The van der Waals surface area contributed by atoms with Crippen LogP contribution in [0.25, 0.3) is 6.08 Å². The lowest BCUT2D eigenvalue weighted by atomic mass is 10.2. The third-order valence-corrected chi connectivity index (χ3v) is 3.75. The molecule has 0 radical (unpaired) electrons. The van der Waals surface area contributed by atoms with E-state index in [1.807, 2.05) is 6.07 Å². The van der Waals surface area contributed by atoms with E-state index in [9.17, 15) is 14.4 Å². The first-order valence-electron chi connectivity index (χ1n) is 6.95. The van der Waals surface area contributed by atoms with Gasteiger partial charge >= 0.3 is 5.97 Å². The van der Waals surface area contributed by atoms with Crippen molar-refractivity contribution in [3.63, 3.8) is 0 Å². The molecule has 0 atom stereocenters. The van der Waals surface area contributed by atoms with Gasteiger partial charge in [0.2, 0.25) is 0 Å². The molecule has 1 N–H and O–H groups in total. The van der Waals surface area contributed by atoms with Gasteiger partial charge in [0, 0.05) is 11.6 Å². The van der Waals surface area contributed by atoms with Crippen LogP contribution in [0.1, 0.15) is 15.2 Å². The summed E-state index contributed by atoms with van der Waals surface area (Å²) in [4.78, 5) is 35.3. The second kappa shape index (κ2) is 8.64. The van der Waals surface area contributed by atoms with Gasteiger partial charge in [-0.1, -0.05) is 24.3 Å². The van der Waals surface area contributed by atoms with Crippen LogP contribution in [0.4, 0.5) is 0 Å². The molecule has 7 heteroatoms. The number of ether oxygens (including phenoxy) is 2. The molecule has 124 valence electrons. The highest BCUT2D eigenvalue weighted by molar-refractivity contribution is 7.12. The first-order valence-corrected chi connectivity index (χ1v) is 7.83. The maximum Gasteiger partial charge on any atom is 0.331 e. The Balaban J connectivity index is 1.81. The van der Waals surface area contributed by atoms with Crippen molar-refractivity contribution in [2.24, 2.45) is 0 Å². The Hall–Kier alpha value is -2.93. The van der Waals surface area contributed by atoms with Gasteiger partial charge in [-0.25, -0.2) is 4.79 Å². The zero-order valence-electron chi connectivity index (χ0n) is 12.9. The van der Waals surface area contributed by atoms with Crippen LogP contribution in [-0.4, -0.2) is 31.5 Å². The number of para-hydroxylation sites is 1. The Morgan fingerprint density at radius 3 is 2.67 bits per heavy atom. The second-order valence-corrected chi connectivity index (χ2v) is 5.49. The molecule has 0 spiro atoms. The zero-order chi connectivity index (χ0) is 17.4. The molecule has 24 heavy (non-hydrogen) atoms. The summed E-state index contributed by atoms with van der Waals surface area (Å²) in [5.41, 5.74) is 0.703. The molecule has 0 saturated heterocycles. The summed E-state index contributed by atoms with van der Waals surface area (Å²) < 4.78 is 9.94. The van der Waals surface area contributed by atoms with Gasteiger partial charge in [0.05, 0.1) is 12.0 Å². The molecule has 1 heterocycles. The minimum atomic E-state index is -0.695. The van der Waals surface area contributed by atoms with Crippen LogP contribution in [0.15, 0.2) is 47.9 Å². The average molecular weight is 345 g/mol. The van der Waals surface area contributed by atoms with Gasteiger partial charge in [-0.3, -0.25) is 14.9 Å². The number of rotatable bonds is 6. The van der Waals surface area contributed by atoms with Crippen molar-refractivity contribution >= 4 is 35.2 Å². The van der Waals surface area contributed by atoms with Crippen LogP contribution in [0, 0.1) is 0 Å². The highest BCUT2D eigenvalue weighted by atomic mass is 32.1. The lowest BCUT2D eigenvalue weighted by Crippen LogP contribution is -2.33. The van der Waals surface area contributed by atoms with Crippen molar-refractivity contribution < 1.29 is 23.9 Å². The summed E-state index contributed by atoms with van der Waals surface area (Å²) in [6.07, 6.45) is 2.71. The summed E-state index contributed by atoms with van der Waals surface area (Å²) >= 11 is 1.21. The number of amides is 2. The minimum Gasteiger partial charge on any atom is -0.496 e. The SMILES string of the molecule is COc1ccccc1/C=C/C(=O)OCC(=O)NC(=O)c1cccs1. The fraction of sp³-hybridized carbons (Fsp3) is 0.118. The maximum atomic E-state index is 11.7. The molecule has 0 aliphatic heterocycles. The number of carbonyl (C=O) groups excluding carboxylic acids is 3. The summed E-state index contributed by atoms with van der Waals surface area (Å²) in [6, 6.07) is 10.4. The number of esters is 1. The van der Waals surface area contributed by atoms with Gasteiger partial charge < -0.3 is 9.47 Å². The van der Waals surface area contributed by atoms with Crippen LogP contribution in [0.2, 0.25) is 0 Å². The first kappa shape index (κ1) is 17.4. The number of methoxy groups -OCH3 is 1. The standard InChI is InChI=1S/C17H15NO5S/c1-22-13-6-3-2-5-12(13)8-9-16(20)23-11-15(19)18-17(21)14-7-4-10-24-14/h2-10H,11H2,1H3,(H,18,19,21)/b9-8+. The van der Waals surface area contributed by atoms with E-state index >= 15 is 0 Å². The third-order valence-electron chi connectivity index (χ3n) is 2.88. The van der Waals surface area contributed by atoms with Crippen LogP contribution in [0.3, 0.4) is 0 Å². The summed E-state index contributed by atoms with van der Waals surface area (Å²) in [6.45, 7) is -0.536. The molecule has 0 aliphatic rings. The van der Waals surface area contributed by atoms with Gasteiger partial charge in [0.1, 0.15) is 5.75 Å². The Bertz CT molecular complexity index is 752. The van der Waals surface area contributed by atoms with Crippen LogP contribution < -0.4 is 10.1 Å². The molecule has 1 aromatic carbocycles. The van der Waals surface area contributed by atoms with E-state index < -0.39 is 24.4 Å². The molecule has 0 saturated carbocycles. The molecular weight excluding hydrogens is 330 g/mol. The first-order chi connectivity index (χ1) is 11.6. The topological polar surface area (TPSA) is 81.7 Å². The molecule has 0 bridgehead atoms. The van der Waals surface area contributed by atoms with Crippen molar-refractivity contribution in [1.82, 2.24) is 5.32 Å². The van der Waals surface area contributed by atoms with Gasteiger partial charge in [-0.2, -0.15) is 0 Å². The Kier molecular flexibility index (Phi) is 6.27. The van der Waals surface area contributed by atoms with Crippen LogP contribution >= 0.6 is 11.3 Å². The average Bonchev–Trinajstić information content (AvgIpc) is 3.13. The molecular formula is C17H15NO5S. The van der Waals surface area contributed by atoms with Crippen LogP contribution in [-0.2, 0) is 14.3 Å². The lowest BCUT2D eigenvalue weighted by Gasteiger charge is -2.04. The van der Waals surface area contributed by atoms with Gasteiger partial charge in [-0.15, -0.1) is 11.3 Å². The molecule has 6 nitrogen and oxygen atoms in total. The van der Waals surface area contributed by atoms with Crippen molar-refractivity contribution in [3.8, 4) is 5.75 Å². The highest BCUT2D eigenvalue weighted by Gasteiger charge is 2.12. The minimum absolute atomic E-state index is 0.408. The van der Waals surface area contributed by atoms with E-state index in [2.05, 4.69) is 5.32 Å². The van der Waals surface area contributed by atoms with Gasteiger partial charge in [0.25, 0.3) is 11.8 Å². The molecule has 1 aromatic heterocycles. The largest absolute Gasteiger partial charge is 0.496 e. The lowest BCUT2D eigenvalue weighted by molar-refractivity contribution is -0.143. The van der Waals surface area contributed by atoms with Crippen molar-refractivity contribution in [2.75, 3.05) is 13.7 Å². The molecule has 2 rings (SSSR count). The van der Waals surface area contributed by atoms with E-state index in [0.29, 0.717) is 16.2 Å². The van der Waals surface area contributed by atoms with E-state index in [1.54, 1.807) is 35.7 Å². The number of thiophene rings is 1. The van der Waals surface area contributed by atoms with Crippen LogP contribution in [0.5, 0.6) is 5.75 Å². The third kappa shape index (κ3) is 5.06. The maximum absolute atomic E-state index is 11.7. The van der Waals surface area contributed by atoms with E-state index in [4.69, 9.17) is 9.47 Å². The Labute approximate surface area is 142 Å². The molecule has 0 aliphatic carbocycles. The fourth-order valence-electron chi connectivity index (χ4n) is 1.78. The van der Waals surface area contributed by atoms with E-state index in [0.717, 1.165) is 0 Å². The molecule has 2 amide bonds. The predicted octanol–water partition coefficient (Wildman–Crippen LogP) is 2.27. The fourth-order valence-corrected chi connectivity index (χ4v) is 2.40. The number of carbonyl (C=O) groups is 3. The molecule has 2 aromatic rings. The molecule has 0 fully saturated rings. The zero-order valence-corrected chi connectivity index (χ0v) is 13.7. The number of nitrogens with one attached hydrogen (secondary N) is 1. The summed E-state index contributed by atoms with van der Waals surface area (Å²) in [5, 5.41) is 3.87. The number of imide groups is 1. The molecule has 0 unspecified atom stereocenters. The number of benzene rings is 1. The van der Waals surface area contributed by atoms with Crippen molar-refractivity contribution in [3.05, 3.63) is 58.3 Å².